The third kappa shape index (κ3) is 3.77. The molecule has 8 nitrogen and oxygen atoms in total. The summed E-state index contributed by atoms with van der Waals surface area (Å²) in [6.07, 6.45) is -3.12. The molecule has 0 aliphatic carbocycles. The molecule has 0 saturated heterocycles. The second-order valence-electron chi connectivity index (χ2n) is 5.60. The van der Waals surface area contributed by atoms with Gasteiger partial charge in [0.25, 0.3) is 5.56 Å². The van der Waals surface area contributed by atoms with Crippen LogP contribution in [0.1, 0.15) is 5.69 Å². The summed E-state index contributed by atoms with van der Waals surface area (Å²) in [6, 6.07) is 15.8. The van der Waals surface area contributed by atoms with Gasteiger partial charge in [-0.25, -0.2) is 4.98 Å². The lowest BCUT2D eigenvalue weighted by Gasteiger charge is -2.17. The number of nitrogens with one attached hydrogen (secondary N) is 2. The van der Waals surface area contributed by atoms with Gasteiger partial charge in [-0.2, -0.15) is 5.10 Å². The maximum absolute atomic E-state index is 12.4. The number of hydrogen-bond donors (Lipinski definition) is 5. The highest BCUT2D eigenvalue weighted by molar-refractivity contribution is 6.03. The van der Waals surface area contributed by atoms with Crippen LogP contribution in [-0.2, 0) is 0 Å². The van der Waals surface area contributed by atoms with Crippen molar-refractivity contribution in [2.75, 3.05) is 12.0 Å². The highest BCUT2D eigenvalue weighted by Gasteiger charge is 2.26. The first kappa shape index (κ1) is 17.7. The van der Waals surface area contributed by atoms with Crippen molar-refractivity contribution in [3.8, 4) is 0 Å². The van der Waals surface area contributed by atoms with Gasteiger partial charge in [0.15, 0.2) is 5.69 Å². The van der Waals surface area contributed by atoms with Crippen LogP contribution in [0.25, 0.3) is 11.0 Å². The molecule has 26 heavy (non-hydrogen) atoms. The average Bonchev–Trinajstić information content (AvgIpc) is 2.68. The van der Waals surface area contributed by atoms with Crippen LogP contribution in [0.2, 0.25) is 0 Å². The van der Waals surface area contributed by atoms with E-state index in [0.29, 0.717) is 16.7 Å². The van der Waals surface area contributed by atoms with Crippen LogP contribution in [-0.4, -0.2) is 49.8 Å². The third-order valence-electron chi connectivity index (χ3n) is 3.75. The van der Waals surface area contributed by atoms with E-state index in [2.05, 4.69) is 20.5 Å². The summed E-state index contributed by atoms with van der Waals surface area (Å²) in [5.74, 6) is 0. The van der Waals surface area contributed by atoms with Crippen LogP contribution in [0, 0.1) is 0 Å². The van der Waals surface area contributed by atoms with E-state index in [1.807, 2.05) is 6.07 Å². The standard InChI is InChI=1S/C18H18N4O4/c23-10-14(24)17(25)15(22-21-11-6-2-1-3-7-11)16-18(26)20-13-9-5-4-8-12(13)19-16/h1-9,14,17,21,23-25H,10H2,(H,20,26). The number of hydrazone groups is 1. The number of aromatic amines is 1. The second kappa shape index (κ2) is 7.87. The summed E-state index contributed by atoms with van der Waals surface area (Å²) < 4.78 is 0. The van der Waals surface area contributed by atoms with E-state index >= 15 is 0 Å². The van der Waals surface area contributed by atoms with Gasteiger partial charge in [-0.15, -0.1) is 0 Å². The van der Waals surface area contributed by atoms with Crippen LogP contribution < -0.4 is 11.0 Å². The van der Waals surface area contributed by atoms with Crippen molar-refractivity contribution in [3.05, 3.63) is 70.6 Å². The van der Waals surface area contributed by atoms with E-state index < -0.39 is 24.4 Å². The predicted molar refractivity (Wildman–Crippen MR) is 98.1 cm³/mol. The van der Waals surface area contributed by atoms with Crippen LogP contribution in [0.15, 0.2) is 64.5 Å². The normalized spacial score (nSPS) is 14.2. The highest BCUT2D eigenvalue weighted by Crippen LogP contribution is 2.11. The lowest BCUT2D eigenvalue weighted by atomic mass is 10.1. The molecule has 2 aromatic carbocycles. The molecule has 0 fully saturated rings. The zero-order chi connectivity index (χ0) is 18.5. The van der Waals surface area contributed by atoms with Crippen molar-refractivity contribution in [3.63, 3.8) is 0 Å². The number of nitrogens with zero attached hydrogens (tertiary/aromatic N) is 2. The van der Waals surface area contributed by atoms with E-state index in [0.717, 1.165) is 0 Å². The first-order chi connectivity index (χ1) is 12.6. The van der Waals surface area contributed by atoms with Gasteiger partial charge >= 0.3 is 0 Å². The van der Waals surface area contributed by atoms with Crippen molar-refractivity contribution in [1.29, 1.82) is 0 Å². The molecule has 0 radical (unpaired) electrons. The molecule has 134 valence electrons. The monoisotopic (exact) mass is 354 g/mol. The number of aromatic nitrogens is 2. The fourth-order valence-corrected chi connectivity index (χ4v) is 2.38. The Labute approximate surface area is 148 Å². The number of aliphatic hydroxyl groups excluding tert-OH is 3. The Bertz CT molecular complexity index is 972. The molecule has 3 aromatic rings. The zero-order valence-corrected chi connectivity index (χ0v) is 13.7. The Morgan fingerprint density at radius 2 is 1.81 bits per heavy atom. The van der Waals surface area contributed by atoms with Gasteiger partial charge in [0.2, 0.25) is 0 Å². The SMILES string of the molecule is O=c1[nH]c2ccccc2nc1C(=NNc1ccccc1)C(O)C(O)CO. The zero-order valence-electron chi connectivity index (χ0n) is 13.7. The van der Waals surface area contributed by atoms with Gasteiger partial charge in [-0.3, -0.25) is 10.2 Å². The minimum Gasteiger partial charge on any atom is -0.394 e. The predicted octanol–water partition coefficient (Wildman–Crippen LogP) is 0.453. The van der Waals surface area contributed by atoms with Crippen molar-refractivity contribution in [1.82, 2.24) is 9.97 Å². The Morgan fingerprint density at radius 3 is 2.54 bits per heavy atom. The Hall–Kier alpha value is -3.07. The molecule has 0 amide bonds. The molecule has 0 aliphatic rings. The van der Waals surface area contributed by atoms with E-state index in [1.165, 1.54) is 0 Å². The maximum atomic E-state index is 12.4. The summed E-state index contributed by atoms with van der Waals surface area (Å²) in [7, 11) is 0. The molecule has 5 N–H and O–H groups in total. The molecule has 0 saturated carbocycles. The maximum Gasteiger partial charge on any atom is 0.276 e. The number of anilines is 1. The van der Waals surface area contributed by atoms with Crippen LogP contribution in [0.3, 0.4) is 0 Å². The number of benzene rings is 2. The first-order valence-electron chi connectivity index (χ1n) is 7.95. The molecule has 0 bridgehead atoms. The fourth-order valence-electron chi connectivity index (χ4n) is 2.38. The Kier molecular flexibility index (Phi) is 5.37. The molecule has 2 atom stereocenters. The second-order valence-corrected chi connectivity index (χ2v) is 5.60. The average molecular weight is 354 g/mol. The number of aliphatic hydroxyl groups is 3. The molecule has 0 aliphatic heterocycles. The van der Waals surface area contributed by atoms with Crippen LogP contribution >= 0.6 is 0 Å². The van der Waals surface area contributed by atoms with Gasteiger partial charge in [0.1, 0.15) is 17.9 Å². The van der Waals surface area contributed by atoms with E-state index in [9.17, 15) is 15.0 Å². The molecule has 3 rings (SSSR count). The summed E-state index contributed by atoms with van der Waals surface area (Å²) in [6.45, 7) is -0.697. The molecule has 1 heterocycles. The number of H-pyrrole nitrogens is 1. The van der Waals surface area contributed by atoms with E-state index in [1.54, 1.807) is 48.5 Å². The lowest BCUT2D eigenvalue weighted by molar-refractivity contribution is 0.0185. The van der Waals surface area contributed by atoms with Crippen LogP contribution in [0.4, 0.5) is 5.69 Å². The number of fused-ring (bicyclic) bond motifs is 1. The third-order valence-corrected chi connectivity index (χ3v) is 3.75. The number of rotatable bonds is 6. The quantitative estimate of drug-likeness (QED) is 0.323. The fraction of sp³-hybridized carbons (Fsp3) is 0.167. The van der Waals surface area contributed by atoms with Crippen molar-refractivity contribution in [2.45, 2.75) is 12.2 Å². The van der Waals surface area contributed by atoms with Crippen LogP contribution in [0.5, 0.6) is 0 Å². The van der Waals surface area contributed by atoms with E-state index in [4.69, 9.17) is 5.11 Å². The Morgan fingerprint density at radius 1 is 1.12 bits per heavy atom. The summed E-state index contributed by atoms with van der Waals surface area (Å²) in [5.41, 5.74) is 3.48. The summed E-state index contributed by atoms with van der Waals surface area (Å²) >= 11 is 0. The van der Waals surface area contributed by atoms with Crippen molar-refractivity contribution >= 4 is 22.4 Å². The number of hydrogen-bond acceptors (Lipinski definition) is 7. The molecule has 0 spiro atoms. The topological polar surface area (TPSA) is 131 Å². The summed E-state index contributed by atoms with van der Waals surface area (Å²) in [5, 5.41) is 33.3. The lowest BCUT2D eigenvalue weighted by Crippen LogP contribution is -2.40. The van der Waals surface area contributed by atoms with Gasteiger partial charge in [-0.1, -0.05) is 30.3 Å². The van der Waals surface area contributed by atoms with Crippen molar-refractivity contribution < 1.29 is 15.3 Å². The first-order valence-corrected chi connectivity index (χ1v) is 7.95. The van der Waals surface area contributed by atoms with Gasteiger partial charge in [0.05, 0.1) is 23.3 Å². The molecule has 2 unspecified atom stereocenters. The van der Waals surface area contributed by atoms with E-state index in [-0.39, 0.29) is 11.4 Å². The largest absolute Gasteiger partial charge is 0.394 e. The molecule has 1 aromatic heterocycles. The van der Waals surface area contributed by atoms with Gasteiger partial charge < -0.3 is 20.3 Å². The summed E-state index contributed by atoms with van der Waals surface area (Å²) in [4.78, 5) is 19.3. The minimum atomic E-state index is -1.61. The van der Waals surface area contributed by atoms with Crippen molar-refractivity contribution in [2.24, 2.45) is 5.10 Å². The molecular formula is C18H18N4O4. The minimum absolute atomic E-state index is 0.146. The highest BCUT2D eigenvalue weighted by atomic mass is 16.4. The van der Waals surface area contributed by atoms with Gasteiger partial charge in [-0.05, 0) is 24.3 Å². The molecule has 8 heteroatoms. The smallest absolute Gasteiger partial charge is 0.276 e. The molecular weight excluding hydrogens is 336 g/mol. The number of para-hydroxylation sites is 3. The van der Waals surface area contributed by atoms with Gasteiger partial charge in [0, 0.05) is 0 Å². The Balaban J connectivity index is 2.08.